The molecule has 0 unspecified atom stereocenters. The summed E-state index contributed by atoms with van der Waals surface area (Å²) in [5, 5.41) is 8.87. The third-order valence-corrected chi connectivity index (χ3v) is 5.01. The monoisotopic (exact) mass is 431 g/mol. The van der Waals surface area contributed by atoms with E-state index in [4.69, 9.17) is 13.9 Å². The van der Waals surface area contributed by atoms with Crippen LogP contribution in [0.3, 0.4) is 0 Å². The van der Waals surface area contributed by atoms with E-state index in [1.54, 1.807) is 30.5 Å². The molecule has 0 atom stereocenters. The van der Waals surface area contributed by atoms with Gasteiger partial charge in [-0.1, -0.05) is 30.3 Å². The number of rotatable bonds is 6. The summed E-state index contributed by atoms with van der Waals surface area (Å²) >= 11 is 0. The van der Waals surface area contributed by atoms with Gasteiger partial charge in [-0.05, 0) is 30.3 Å². The number of halogens is 1. The SMILES string of the molecule is COc1cc2c(cc1NC(=O)c1ccn(COc3ccccc3F)n1)oc1ccccc12. The molecule has 160 valence electrons. The second kappa shape index (κ2) is 8.07. The lowest BCUT2D eigenvalue weighted by Crippen LogP contribution is -2.15. The maximum atomic E-state index is 13.7. The predicted molar refractivity (Wildman–Crippen MR) is 117 cm³/mol. The molecule has 0 spiro atoms. The van der Waals surface area contributed by atoms with Gasteiger partial charge in [0.25, 0.3) is 5.91 Å². The fourth-order valence-corrected chi connectivity index (χ4v) is 3.46. The number of methoxy groups -OCH3 is 1. The van der Waals surface area contributed by atoms with Crippen LogP contribution in [-0.2, 0) is 6.73 Å². The smallest absolute Gasteiger partial charge is 0.276 e. The zero-order valence-corrected chi connectivity index (χ0v) is 17.0. The minimum atomic E-state index is -0.467. The molecular formula is C24H18FN3O4. The molecule has 5 rings (SSSR count). The first kappa shape index (κ1) is 19.6. The molecule has 1 amide bonds. The number of hydrogen-bond donors (Lipinski definition) is 1. The van der Waals surface area contributed by atoms with Gasteiger partial charge in [-0.3, -0.25) is 4.79 Å². The van der Waals surface area contributed by atoms with Gasteiger partial charge in [-0.2, -0.15) is 5.10 Å². The molecule has 0 fully saturated rings. The standard InChI is InChI=1S/C24H18FN3O4/c1-30-23-12-16-15-6-2-4-8-20(15)32-22(16)13-19(23)26-24(29)18-10-11-28(27-18)14-31-21-9-5-3-7-17(21)25/h2-13H,14H2,1H3,(H,26,29). The Morgan fingerprint density at radius 3 is 2.69 bits per heavy atom. The Morgan fingerprint density at radius 2 is 1.84 bits per heavy atom. The molecule has 0 aliphatic heterocycles. The Hall–Kier alpha value is -4.33. The van der Waals surface area contributed by atoms with Gasteiger partial charge >= 0.3 is 0 Å². The minimum absolute atomic E-state index is 0.0392. The van der Waals surface area contributed by atoms with E-state index >= 15 is 0 Å². The number of hydrogen-bond acceptors (Lipinski definition) is 5. The Labute approximate surface area is 182 Å². The first-order valence-electron chi connectivity index (χ1n) is 9.84. The lowest BCUT2D eigenvalue weighted by Gasteiger charge is -2.09. The molecule has 2 heterocycles. The average Bonchev–Trinajstić information content (AvgIpc) is 3.42. The highest BCUT2D eigenvalue weighted by Crippen LogP contribution is 2.36. The molecule has 0 saturated carbocycles. The fourth-order valence-electron chi connectivity index (χ4n) is 3.46. The van der Waals surface area contributed by atoms with E-state index in [0.717, 1.165) is 16.4 Å². The van der Waals surface area contributed by atoms with Crippen LogP contribution in [0.2, 0.25) is 0 Å². The summed E-state index contributed by atoms with van der Waals surface area (Å²) < 4.78 is 31.9. The molecule has 0 bridgehead atoms. The molecular weight excluding hydrogens is 413 g/mol. The van der Waals surface area contributed by atoms with Crippen LogP contribution in [0, 0.1) is 5.82 Å². The van der Waals surface area contributed by atoms with Crippen molar-refractivity contribution in [3.8, 4) is 11.5 Å². The average molecular weight is 431 g/mol. The number of ether oxygens (including phenoxy) is 2. The van der Waals surface area contributed by atoms with Crippen LogP contribution in [0.1, 0.15) is 10.5 Å². The molecule has 5 aromatic rings. The Morgan fingerprint density at radius 1 is 1.03 bits per heavy atom. The molecule has 8 heteroatoms. The van der Waals surface area contributed by atoms with E-state index in [1.807, 2.05) is 30.3 Å². The molecule has 0 radical (unpaired) electrons. The summed E-state index contributed by atoms with van der Waals surface area (Å²) in [6.07, 6.45) is 1.58. The summed E-state index contributed by atoms with van der Waals surface area (Å²) in [7, 11) is 1.54. The number of furan rings is 1. The molecule has 2 aromatic heterocycles. The van der Waals surface area contributed by atoms with Gasteiger partial charge in [0, 0.05) is 23.0 Å². The van der Waals surface area contributed by atoms with Crippen molar-refractivity contribution in [3.63, 3.8) is 0 Å². The highest BCUT2D eigenvalue weighted by molar-refractivity contribution is 6.09. The first-order valence-corrected chi connectivity index (χ1v) is 9.84. The maximum Gasteiger partial charge on any atom is 0.276 e. The molecule has 3 aromatic carbocycles. The lowest BCUT2D eigenvalue weighted by atomic mass is 10.1. The fraction of sp³-hybridized carbons (Fsp3) is 0.0833. The zero-order valence-electron chi connectivity index (χ0n) is 17.0. The van der Waals surface area contributed by atoms with E-state index in [1.165, 1.54) is 23.9 Å². The van der Waals surface area contributed by atoms with Crippen molar-refractivity contribution < 1.29 is 23.1 Å². The van der Waals surface area contributed by atoms with Crippen molar-refractivity contribution in [1.82, 2.24) is 9.78 Å². The highest BCUT2D eigenvalue weighted by atomic mass is 19.1. The van der Waals surface area contributed by atoms with Crippen LogP contribution in [0.4, 0.5) is 10.1 Å². The number of nitrogens with one attached hydrogen (secondary N) is 1. The van der Waals surface area contributed by atoms with Gasteiger partial charge in [-0.15, -0.1) is 0 Å². The van der Waals surface area contributed by atoms with Gasteiger partial charge in [0.1, 0.15) is 16.9 Å². The first-order chi connectivity index (χ1) is 15.6. The van der Waals surface area contributed by atoms with E-state index in [2.05, 4.69) is 10.4 Å². The number of anilines is 1. The van der Waals surface area contributed by atoms with E-state index in [0.29, 0.717) is 17.0 Å². The van der Waals surface area contributed by atoms with Crippen molar-refractivity contribution in [2.75, 3.05) is 12.4 Å². The number of carbonyl (C=O) groups is 1. The highest BCUT2D eigenvalue weighted by Gasteiger charge is 2.16. The third kappa shape index (κ3) is 3.62. The molecule has 0 saturated heterocycles. The quantitative estimate of drug-likeness (QED) is 0.399. The summed E-state index contributed by atoms with van der Waals surface area (Å²) in [6, 6.07) is 18.9. The number of fused-ring (bicyclic) bond motifs is 3. The number of carbonyl (C=O) groups excluding carboxylic acids is 1. The molecule has 1 N–H and O–H groups in total. The van der Waals surface area contributed by atoms with E-state index < -0.39 is 11.7 Å². The largest absolute Gasteiger partial charge is 0.495 e. The Balaban J connectivity index is 1.35. The second-order valence-electron chi connectivity index (χ2n) is 7.05. The number of nitrogens with zero attached hydrogens (tertiary/aromatic N) is 2. The van der Waals surface area contributed by atoms with Gasteiger partial charge in [0.05, 0.1) is 12.8 Å². The van der Waals surface area contributed by atoms with Crippen LogP contribution in [0.5, 0.6) is 11.5 Å². The Kier molecular flexibility index (Phi) is 4.95. The van der Waals surface area contributed by atoms with Crippen molar-refractivity contribution in [3.05, 3.63) is 84.4 Å². The topological polar surface area (TPSA) is 78.5 Å². The van der Waals surface area contributed by atoms with Crippen molar-refractivity contribution in [2.45, 2.75) is 6.73 Å². The van der Waals surface area contributed by atoms with Crippen molar-refractivity contribution >= 4 is 33.5 Å². The number of aromatic nitrogens is 2. The Bertz CT molecular complexity index is 1440. The molecule has 0 aliphatic rings. The summed E-state index contributed by atoms with van der Waals surface area (Å²) in [4.78, 5) is 12.8. The van der Waals surface area contributed by atoms with Crippen LogP contribution < -0.4 is 14.8 Å². The van der Waals surface area contributed by atoms with Crippen molar-refractivity contribution in [2.24, 2.45) is 0 Å². The minimum Gasteiger partial charge on any atom is -0.495 e. The second-order valence-corrected chi connectivity index (χ2v) is 7.05. The number of amides is 1. The normalized spacial score (nSPS) is 11.1. The van der Waals surface area contributed by atoms with Gasteiger partial charge in [0.2, 0.25) is 0 Å². The predicted octanol–water partition coefficient (Wildman–Crippen LogP) is 5.22. The molecule has 7 nitrogen and oxygen atoms in total. The van der Waals surface area contributed by atoms with Crippen LogP contribution in [0.15, 0.2) is 77.3 Å². The lowest BCUT2D eigenvalue weighted by molar-refractivity contribution is 0.101. The van der Waals surface area contributed by atoms with Gasteiger partial charge < -0.3 is 19.2 Å². The zero-order chi connectivity index (χ0) is 22.1. The number of benzene rings is 3. The van der Waals surface area contributed by atoms with Crippen LogP contribution in [-0.4, -0.2) is 22.8 Å². The van der Waals surface area contributed by atoms with Crippen LogP contribution >= 0.6 is 0 Å². The molecule has 32 heavy (non-hydrogen) atoms. The van der Waals surface area contributed by atoms with Crippen LogP contribution in [0.25, 0.3) is 21.9 Å². The van der Waals surface area contributed by atoms with E-state index in [-0.39, 0.29) is 18.2 Å². The van der Waals surface area contributed by atoms with Gasteiger partial charge in [0.15, 0.2) is 24.0 Å². The summed E-state index contributed by atoms with van der Waals surface area (Å²) in [5.74, 6) is -0.285. The summed E-state index contributed by atoms with van der Waals surface area (Å²) in [6.45, 7) is -0.0392. The van der Waals surface area contributed by atoms with Gasteiger partial charge in [-0.25, -0.2) is 9.07 Å². The maximum absolute atomic E-state index is 13.7. The molecule has 0 aliphatic carbocycles. The summed E-state index contributed by atoms with van der Waals surface area (Å²) in [5.41, 5.74) is 2.02. The van der Waals surface area contributed by atoms with E-state index in [9.17, 15) is 9.18 Å². The van der Waals surface area contributed by atoms with Crippen molar-refractivity contribution in [1.29, 1.82) is 0 Å². The third-order valence-electron chi connectivity index (χ3n) is 5.01. The number of para-hydroxylation sites is 2.